The Balaban J connectivity index is 2.16. The van der Waals surface area contributed by atoms with E-state index >= 15 is 0 Å². The third-order valence-electron chi connectivity index (χ3n) is 2.53. The molecular formula is C12H12BrN3O2S. The molecule has 0 fully saturated rings. The number of rotatable bonds is 4. The van der Waals surface area contributed by atoms with Gasteiger partial charge >= 0.3 is 0 Å². The van der Waals surface area contributed by atoms with Crippen molar-refractivity contribution < 1.29 is 8.42 Å². The molecule has 0 aliphatic rings. The molecule has 1 aromatic carbocycles. The summed E-state index contributed by atoms with van der Waals surface area (Å²) in [5.74, 6) is 0. The van der Waals surface area contributed by atoms with Crippen molar-refractivity contribution in [2.75, 3.05) is 0 Å². The van der Waals surface area contributed by atoms with Crippen LogP contribution in [-0.4, -0.2) is 18.4 Å². The Kier molecular flexibility index (Phi) is 4.28. The maximum absolute atomic E-state index is 12.1. The standard InChI is InChI=1S/C12H12BrN3O2S/c1-9-6-11(2-3-12(9)13)19(17,18)16-7-10-4-5-14-8-15-10/h2-6,8,16H,7H2,1H3. The van der Waals surface area contributed by atoms with Gasteiger partial charge in [-0.3, -0.25) is 0 Å². The Morgan fingerprint density at radius 1 is 1.32 bits per heavy atom. The van der Waals surface area contributed by atoms with E-state index in [2.05, 4.69) is 30.6 Å². The van der Waals surface area contributed by atoms with E-state index in [-0.39, 0.29) is 11.4 Å². The average molecular weight is 342 g/mol. The van der Waals surface area contributed by atoms with Crippen molar-refractivity contribution in [1.82, 2.24) is 14.7 Å². The van der Waals surface area contributed by atoms with E-state index in [1.807, 2.05) is 6.92 Å². The molecule has 1 heterocycles. The van der Waals surface area contributed by atoms with Gasteiger partial charge in [0.1, 0.15) is 6.33 Å². The molecule has 0 radical (unpaired) electrons. The summed E-state index contributed by atoms with van der Waals surface area (Å²) < 4.78 is 27.6. The largest absolute Gasteiger partial charge is 0.245 e. The van der Waals surface area contributed by atoms with Crippen LogP contribution < -0.4 is 4.72 Å². The molecule has 0 spiro atoms. The Bertz CT molecular complexity index is 675. The fourth-order valence-electron chi connectivity index (χ4n) is 1.46. The minimum Gasteiger partial charge on any atom is -0.245 e. The summed E-state index contributed by atoms with van der Waals surface area (Å²) in [5.41, 5.74) is 1.48. The van der Waals surface area contributed by atoms with Gasteiger partial charge in [-0.2, -0.15) is 0 Å². The maximum Gasteiger partial charge on any atom is 0.240 e. The van der Waals surface area contributed by atoms with Crippen molar-refractivity contribution in [1.29, 1.82) is 0 Å². The average Bonchev–Trinajstić information content (AvgIpc) is 2.41. The number of halogens is 1. The molecule has 0 unspecified atom stereocenters. The minimum atomic E-state index is -3.53. The number of hydrogen-bond donors (Lipinski definition) is 1. The van der Waals surface area contributed by atoms with Crippen LogP contribution in [0.3, 0.4) is 0 Å². The normalized spacial score (nSPS) is 11.5. The lowest BCUT2D eigenvalue weighted by Crippen LogP contribution is -2.23. The number of benzene rings is 1. The summed E-state index contributed by atoms with van der Waals surface area (Å²) in [5, 5.41) is 0. The minimum absolute atomic E-state index is 0.139. The SMILES string of the molecule is Cc1cc(S(=O)(=O)NCc2ccncn2)ccc1Br. The van der Waals surface area contributed by atoms with E-state index in [1.54, 1.807) is 30.5 Å². The van der Waals surface area contributed by atoms with Crippen molar-refractivity contribution in [3.63, 3.8) is 0 Å². The molecule has 5 nitrogen and oxygen atoms in total. The molecule has 7 heteroatoms. The fourth-order valence-corrected chi connectivity index (χ4v) is 2.79. The van der Waals surface area contributed by atoms with Crippen LogP contribution in [0.2, 0.25) is 0 Å². The number of nitrogens with zero attached hydrogens (tertiary/aromatic N) is 2. The van der Waals surface area contributed by atoms with Crippen LogP contribution in [0, 0.1) is 6.92 Å². The second kappa shape index (κ2) is 5.77. The van der Waals surface area contributed by atoms with Crippen LogP contribution in [0.5, 0.6) is 0 Å². The van der Waals surface area contributed by atoms with Crippen LogP contribution in [0.25, 0.3) is 0 Å². The highest BCUT2D eigenvalue weighted by atomic mass is 79.9. The second-order valence-electron chi connectivity index (χ2n) is 3.94. The van der Waals surface area contributed by atoms with E-state index in [0.717, 1.165) is 10.0 Å². The Labute approximate surface area is 120 Å². The molecular weight excluding hydrogens is 330 g/mol. The molecule has 19 heavy (non-hydrogen) atoms. The van der Waals surface area contributed by atoms with Gasteiger partial charge in [0.05, 0.1) is 17.1 Å². The molecule has 0 aliphatic carbocycles. The molecule has 0 amide bonds. The van der Waals surface area contributed by atoms with Gasteiger partial charge in [-0.25, -0.2) is 23.1 Å². The molecule has 2 rings (SSSR count). The first kappa shape index (κ1) is 14.1. The van der Waals surface area contributed by atoms with Crippen molar-refractivity contribution >= 4 is 26.0 Å². The zero-order valence-electron chi connectivity index (χ0n) is 10.2. The highest BCUT2D eigenvalue weighted by Gasteiger charge is 2.14. The number of aromatic nitrogens is 2. The smallest absolute Gasteiger partial charge is 0.240 e. The fraction of sp³-hybridized carbons (Fsp3) is 0.167. The molecule has 0 saturated heterocycles. The monoisotopic (exact) mass is 341 g/mol. The summed E-state index contributed by atoms with van der Waals surface area (Å²) >= 11 is 3.34. The first-order chi connectivity index (χ1) is 8.99. The number of aryl methyl sites for hydroxylation is 1. The lowest BCUT2D eigenvalue weighted by Gasteiger charge is -2.07. The molecule has 0 saturated carbocycles. The van der Waals surface area contributed by atoms with Crippen molar-refractivity contribution in [3.8, 4) is 0 Å². The Morgan fingerprint density at radius 3 is 2.74 bits per heavy atom. The molecule has 0 atom stereocenters. The van der Waals surface area contributed by atoms with E-state index < -0.39 is 10.0 Å². The van der Waals surface area contributed by atoms with Gasteiger partial charge < -0.3 is 0 Å². The van der Waals surface area contributed by atoms with Crippen LogP contribution in [-0.2, 0) is 16.6 Å². The molecule has 0 bridgehead atoms. The van der Waals surface area contributed by atoms with E-state index in [0.29, 0.717) is 5.69 Å². The number of sulfonamides is 1. The van der Waals surface area contributed by atoms with Gasteiger partial charge in [-0.05, 0) is 36.8 Å². The van der Waals surface area contributed by atoms with Crippen LogP contribution >= 0.6 is 15.9 Å². The maximum atomic E-state index is 12.1. The Hall–Kier alpha value is -1.31. The molecule has 0 aliphatic heterocycles. The van der Waals surface area contributed by atoms with E-state index in [1.165, 1.54) is 6.33 Å². The molecule has 2 aromatic rings. The van der Waals surface area contributed by atoms with Crippen molar-refractivity contribution in [3.05, 3.63) is 52.5 Å². The van der Waals surface area contributed by atoms with Gasteiger partial charge in [0.2, 0.25) is 10.0 Å². The summed E-state index contributed by atoms with van der Waals surface area (Å²) in [4.78, 5) is 7.98. The number of nitrogens with one attached hydrogen (secondary N) is 1. The third kappa shape index (κ3) is 3.59. The second-order valence-corrected chi connectivity index (χ2v) is 6.56. The van der Waals surface area contributed by atoms with E-state index in [4.69, 9.17) is 0 Å². The van der Waals surface area contributed by atoms with Gasteiger partial charge in [0, 0.05) is 10.7 Å². The lowest BCUT2D eigenvalue weighted by atomic mass is 10.2. The van der Waals surface area contributed by atoms with Crippen LogP contribution in [0.1, 0.15) is 11.3 Å². The van der Waals surface area contributed by atoms with Gasteiger partial charge in [0.25, 0.3) is 0 Å². The molecule has 1 N–H and O–H groups in total. The quantitative estimate of drug-likeness (QED) is 0.923. The topological polar surface area (TPSA) is 72.0 Å². The predicted octanol–water partition coefficient (Wildman–Crippen LogP) is 2.03. The lowest BCUT2D eigenvalue weighted by molar-refractivity contribution is 0.580. The van der Waals surface area contributed by atoms with Gasteiger partial charge in [-0.1, -0.05) is 15.9 Å². The van der Waals surface area contributed by atoms with Crippen molar-refractivity contribution in [2.24, 2.45) is 0 Å². The third-order valence-corrected chi connectivity index (χ3v) is 4.81. The zero-order chi connectivity index (χ0) is 13.9. The Morgan fingerprint density at radius 2 is 2.11 bits per heavy atom. The molecule has 1 aromatic heterocycles. The van der Waals surface area contributed by atoms with Gasteiger partial charge in [-0.15, -0.1) is 0 Å². The molecule has 100 valence electrons. The number of hydrogen-bond acceptors (Lipinski definition) is 4. The zero-order valence-corrected chi connectivity index (χ0v) is 12.6. The predicted molar refractivity (Wildman–Crippen MR) is 74.9 cm³/mol. The highest BCUT2D eigenvalue weighted by molar-refractivity contribution is 9.10. The highest BCUT2D eigenvalue weighted by Crippen LogP contribution is 2.19. The summed E-state index contributed by atoms with van der Waals surface area (Å²) in [6, 6.07) is 6.55. The first-order valence-electron chi connectivity index (χ1n) is 5.50. The summed E-state index contributed by atoms with van der Waals surface area (Å²) in [6.07, 6.45) is 2.95. The van der Waals surface area contributed by atoms with Crippen LogP contribution in [0.15, 0.2) is 46.2 Å². The first-order valence-corrected chi connectivity index (χ1v) is 7.77. The summed E-state index contributed by atoms with van der Waals surface area (Å²) in [6.45, 7) is 1.98. The van der Waals surface area contributed by atoms with Crippen molar-refractivity contribution in [2.45, 2.75) is 18.4 Å². The van der Waals surface area contributed by atoms with Crippen LogP contribution in [0.4, 0.5) is 0 Å². The van der Waals surface area contributed by atoms with E-state index in [9.17, 15) is 8.42 Å². The summed E-state index contributed by atoms with van der Waals surface area (Å²) in [7, 11) is -3.53. The van der Waals surface area contributed by atoms with Gasteiger partial charge in [0.15, 0.2) is 0 Å².